The molecule has 138 valence electrons. The predicted octanol–water partition coefficient (Wildman–Crippen LogP) is 4.43. The number of nitrogens with zero attached hydrogens (tertiary/aromatic N) is 2. The summed E-state index contributed by atoms with van der Waals surface area (Å²) < 4.78 is 13.4. The van der Waals surface area contributed by atoms with Crippen molar-refractivity contribution in [3.63, 3.8) is 0 Å². The Morgan fingerprint density at radius 2 is 1.96 bits per heavy atom. The summed E-state index contributed by atoms with van der Waals surface area (Å²) >= 11 is 0. The molecule has 0 amide bonds. The van der Waals surface area contributed by atoms with Crippen LogP contribution >= 0.6 is 0 Å². The molecule has 2 N–H and O–H groups in total. The maximum Gasteiger partial charge on any atom is 0.339 e. The number of carbonyl (C=O) groups is 1. The van der Waals surface area contributed by atoms with Crippen LogP contribution in [0, 0.1) is 5.82 Å². The Balaban J connectivity index is 1.97. The van der Waals surface area contributed by atoms with Gasteiger partial charge in [0.15, 0.2) is 0 Å². The highest BCUT2D eigenvalue weighted by Gasteiger charge is 2.25. The number of hydrogen-bond acceptors (Lipinski definition) is 4. The smallest absolute Gasteiger partial charge is 0.339 e. The van der Waals surface area contributed by atoms with Crippen molar-refractivity contribution in [2.24, 2.45) is 0 Å². The average Bonchev–Trinajstić information content (AvgIpc) is 3.06. The van der Waals surface area contributed by atoms with Crippen LogP contribution in [0.25, 0.3) is 22.2 Å². The first-order chi connectivity index (χ1) is 12.9. The van der Waals surface area contributed by atoms with E-state index in [-0.39, 0.29) is 17.1 Å². The number of pyridine rings is 1. The molecule has 2 heterocycles. The molecule has 0 bridgehead atoms. The number of benzene rings is 2. The van der Waals surface area contributed by atoms with Crippen molar-refractivity contribution in [1.82, 2.24) is 4.98 Å². The number of rotatable bonds is 3. The molecule has 2 aromatic carbocycles. The van der Waals surface area contributed by atoms with E-state index < -0.39 is 5.97 Å². The quantitative estimate of drug-likeness (QED) is 0.717. The SMILES string of the molecule is C[C@H]1CCCN1c1cc2cc(C(=O)O)c(O)cc2nc1-c1ccc(F)cc1. The lowest BCUT2D eigenvalue weighted by atomic mass is 10.0. The van der Waals surface area contributed by atoms with Crippen LogP contribution in [0.2, 0.25) is 0 Å². The summed E-state index contributed by atoms with van der Waals surface area (Å²) in [6, 6.07) is 11.2. The van der Waals surface area contributed by atoms with Gasteiger partial charge in [-0.05, 0) is 56.2 Å². The fourth-order valence-electron chi connectivity index (χ4n) is 3.70. The Morgan fingerprint density at radius 3 is 2.59 bits per heavy atom. The van der Waals surface area contributed by atoms with Crippen LogP contribution in [-0.2, 0) is 0 Å². The fraction of sp³-hybridized carbons (Fsp3) is 0.238. The van der Waals surface area contributed by atoms with Gasteiger partial charge in [0.2, 0.25) is 0 Å². The highest BCUT2D eigenvalue weighted by molar-refractivity contribution is 5.98. The van der Waals surface area contributed by atoms with Crippen molar-refractivity contribution in [2.75, 3.05) is 11.4 Å². The second-order valence-electron chi connectivity index (χ2n) is 6.91. The number of carboxylic acids is 1. The van der Waals surface area contributed by atoms with E-state index in [4.69, 9.17) is 4.98 Å². The van der Waals surface area contributed by atoms with E-state index in [0.29, 0.717) is 22.6 Å². The Labute approximate surface area is 155 Å². The van der Waals surface area contributed by atoms with Crippen molar-refractivity contribution in [3.05, 3.63) is 53.8 Å². The van der Waals surface area contributed by atoms with E-state index in [1.54, 1.807) is 12.1 Å². The molecule has 1 atom stereocenters. The number of fused-ring (bicyclic) bond motifs is 1. The monoisotopic (exact) mass is 366 g/mol. The first-order valence-electron chi connectivity index (χ1n) is 8.87. The molecule has 6 heteroatoms. The summed E-state index contributed by atoms with van der Waals surface area (Å²) in [6.07, 6.45) is 2.13. The minimum absolute atomic E-state index is 0.153. The average molecular weight is 366 g/mol. The molecular formula is C21H19FN2O3. The van der Waals surface area contributed by atoms with Gasteiger partial charge in [0.1, 0.15) is 17.1 Å². The van der Waals surface area contributed by atoms with Gasteiger partial charge in [-0.1, -0.05) is 0 Å². The number of halogens is 1. The van der Waals surface area contributed by atoms with Crippen LogP contribution < -0.4 is 4.90 Å². The summed E-state index contributed by atoms with van der Waals surface area (Å²) in [4.78, 5) is 18.3. The molecule has 0 aliphatic carbocycles. The van der Waals surface area contributed by atoms with Crippen LogP contribution in [-0.4, -0.2) is 33.8 Å². The van der Waals surface area contributed by atoms with Gasteiger partial charge in [0.05, 0.1) is 16.9 Å². The number of carboxylic acid groups (broad SMARTS) is 1. The van der Waals surface area contributed by atoms with Crippen molar-refractivity contribution in [1.29, 1.82) is 0 Å². The van der Waals surface area contributed by atoms with Crippen molar-refractivity contribution >= 4 is 22.6 Å². The fourth-order valence-corrected chi connectivity index (χ4v) is 3.70. The van der Waals surface area contributed by atoms with Crippen LogP contribution in [0.1, 0.15) is 30.1 Å². The normalized spacial score (nSPS) is 16.8. The molecule has 1 aliphatic rings. The Kier molecular flexibility index (Phi) is 4.18. The van der Waals surface area contributed by atoms with Crippen molar-refractivity contribution < 1.29 is 19.4 Å². The van der Waals surface area contributed by atoms with Crippen LogP contribution in [0.4, 0.5) is 10.1 Å². The minimum Gasteiger partial charge on any atom is -0.507 e. The van der Waals surface area contributed by atoms with Gasteiger partial charge >= 0.3 is 5.97 Å². The lowest BCUT2D eigenvalue weighted by Crippen LogP contribution is -2.27. The van der Waals surface area contributed by atoms with Crippen LogP contribution in [0.5, 0.6) is 5.75 Å². The number of aromatic carboxylic acids is 1. The highest BCUT2D eigenvalue weighted by Crippen LogP contribution is 2.37. The van der Waals surface area contributed by atoms with Crippen molar-refractivity contribution in [3.8, 4) is 17.0 Å². The molecule has 1 fully saturated rings. The zero-order valence-corrected chi connectivity index (χ0v) is 14.8. The van der Waals surface area contributed by atoms with E-state index >= 15 is 0 Å². The molecule has 1 aliphatic heterocycles. The van der Waals surface area contributed by atoms with Gasteiger partial charge < -0.3 is 15.1 Å². The van der Waals surface area contributed by atoms with E-state index in [1.807, 2.05) is 6.07 Å². The lowest BCUT2D eigenvalue weighted by Gasteiger charge is -2.26. The molecule has 4 rings (SSSR count). The second-order valence-corrected chi connectivity index (χ2v) is 6.91. The molecule has 0 unspecified atom stereocenters. The van der Waals surface area contributed by atoms with Gasteiger partial charge in [0.25, 0.3) is 0 Å². The van der Waals surface area contributed by atoms with Crippen molar-refractivity contribution in [2.45, 2.75) is 25.8 Å². The van der Waals surface area contributed by atoms with Gasteiger partial charge in [-0.25, -0.2) is 14.2 Å². The van der Waals surface area contributed by atoms with Crippen LogP contribution in [0.15, 0.2) is 42.5 Å². The largest absolute Gasteiger partial charge is 0.507 e. The summed E-state index contributed by atoms with van der Waals surface area (Å²) in [7, 11) is 0. The highest BCUT2D eigenvalue weighted by atomic mass is 19.1. The Morgan fingerprint density at radius 1 is 1.22 bits per heavy atom. The van der Waals surface area contributed by atoms with E-state index in [0.717, 1.165) is 30.6 Å². The third-order valence-electron chi connectivity index (χ3n) is 5.12. The van der Waals surface area contributed by atoms with E-state index in [1.165, 1.54) is 24.3 Å². The first-order valence-corrected chi connectivity index (χ1v) is 8.87. The molecule has 1 aromatic heterocycles. The summed E-state index contributed by atoms with van der Waals surface area (Å²) in [6.45, 7) is 3.03. The maximum atomic E-state index is 13.4. The molecule has 27 heavy (non-hydrogen) atoms. The maximum absolute atomic E-state index is 13.4. The van der Waals surface area contributed by atoms with E-state index in [9.17, 15) is 19.4 Å². The number of aromatic nitrogens is 1. The van der Waals surface area contributed by atoms with E-state index in [2.05, 4.69) is 11.8 Å². The molecular weight excluding hydrogens is 347 g/mol. The molecule has 1 saturated heterocycles. The first kappa shape index (κ1) is 17.3. The van der Waals surface area contributed by atoms with Gasteiger partial charge in [-0.15, -0.1) is 0 Å². The van der Waals surface area contributed by atoms with Gasteiger partial charge in [-0.2, -0.15) is 0 Å². The Bertz CT molecular complexity index is 1030. The van der Waals surface area contributed by atoms with Crippen LogP contribution in [0.3, 0.4) is 0 Å². The molecule has 5 nitrogen and oxygen atoms in total. The Hall–Kier alpha value is -3.15. The predicted molar refractivity (Wildman–Crippen MR) is 102 cm³/mol. The molecule has 0 saturated carbocycles. The lowest BCUT2D eigenvalue weighted by molar-refractivity contribution is 0.0694. The summed E-state index contributed by atoms with van der Waals surface area (Å²) in [5, 5.41) is 19.9. The third-order valence-corrected chi connectivity index (χ3v) is 5.12. The zero-order chi connectivity index (χ0) is 19.1. The second kappa shape index (κ2) is 6.54. The summed E-state index contributed by atoms with van der Waals surface area (Å²) in [5.74, 6) is -1.83. The third kappa shape index (κ3) is 3.07. The number of hydrogen-bond donors (Lipinski definition) is 2. The molecule has 0 spiro atoms. The minimum atomic E-state index is -1.19. The summed E-state index contributed by atoms with van der Waals surface area (Å²) in [5.41, 5.74) is 2.70. The number of anilines is 1. The standard InChI is InChI=1S/C21H19FN2O3/c1-12-3-2-8-24(12)18-10-14-9-16(21(26)27)19(25)11-17(14)23-20(18)13-4-6-15(22)7-5-13/h4-7,9-12,25H,2-3,8H2,1H3,(H,26,27)/t12-/m0/s1. The molecule has 0 radical (unpaired) electrons. The van der Waals surface area contributed by atoms with Gasteiger partial charge in [-0.3, -0.25) is 0 Å². The topological polar surface area (TPSA) is 73.7 Å². The van der Waals surface area contributed by atoms with Gasteiger partial charge in [0, 0.05) is 29.6 Å². The number of aromatic hydroxyl groups is 1. The number of phenols is 1. The zero-order valence-electron chi connectivity index (χ0n) is 14.8. The molecule has 3 aromatic rings.